The van der Waals surface area contributed by atoms with Crippen LogP contribution in [0.1, 0.15) is 23.6 Å². The molecule has 0 bridgehead atoms. The van der Waals surface area contributed by atoms with E-state index in [1.54, 1.807) is 24.1 Å². The Morgan fingerprint density at radius 2 is 1.62 bits per heavy atom. The maximum atomic E-state index is 12.6. The third-order valence-corrected chi connectivity index (χ3v) is 4.17. The van der Waals surface area contributed by atoms with Gasteiger partial charge >= 0.3 is 5.97 Å². The lowest BCUT2D eigenvalue weighted by molar-refractivity contribution is -0.139. The first-order valence-electron chi connectivity index (χ1n) is 8.59. The van der Waals surface area contributed by atoms with Crippen LogP contribution in [0.2, 0.25) is 0 Å². The Bertz CT molecular complexity index is 738. The Labute approximate surface area is 154 Å². The fraction of sp³-hybridized carbons (Fsp3) is 0.333. The van der Waals surface area contributed by atoms with Gasteiger partial charge in [0.05, 0.1) is 0 Å². The largest absolute Gasteiger partial charge is 0.482 e. The molecule has 2 aromatic carbocycles. The average Bonchev–Trinajstić information content (AvgIpc) is 2.62. The van der Waals surface area contributed by atoms with Gasteiger partial charge in [-0.15, -0.1) is 0 Å². The van der Waals surface area contributed by atoms with Crippen molar-refractivity contribution < 1.29 is 19.4 Å². The second kappa shape index (κ2) is 9.04. The Balaban J connectivity index is 1.89. The van der Waals surface area contributed by atoms with Crippen molar-refractivity contribution in [1.82, 2.24) is 4.90 Å². The van der Waals surface area contributed by atoms with Crippen molar-refractivity contribution in [3.63, 3.8) is 0 Å². The lowest BCUT2D eigenvalue weighted by Gasteiger charge is -2.22. The fourth-order valence-electron chi connectivity index (χ4n) is 2.73. The van der Waals surface area contributed by atoms with E-state index in [4.69, 9.17) is 9.84 Å². The summed E-state index contributed by atoms with van der Waals surface area (Å²) >= 11 is 0. The summed E-state index contributed by atoms with van der Waals surface area (Å²) in [6.45, 7) is 4.12. The van der Waals surface area contributed by atoms with E-state index < -0.39 is 5.97 Å². The minimum absolute atomic E-state index is 0.0942. The van der Waals surface area contributed by atoms with Crippen molar-refractivity contribution in [3.8, 4) is 5.75 Å². The maximum absolute atomic E-state index is 12.6. The molecule has 0 aliphatic heterocycles. The van der Waals surface area contributed by atoms with Crippen molar-refractivity contribution in [3.05, 3.63) is 65.2 Å². The van der Waals surface area contributed by atoms with Crippen LogP contribution < -0.4 is 4.74 Å². The highest BCUT2D eigenvalue weighted by molar-refractivity contribution is 5.78. The van der Waals surface area contributed by atoms with E-state index in [0.29, 0.717) is 18.7 Å². The number of carbonyl (C=O) groups is 2. The van der Waals surface area contributed by atoms with Crippen LogP contribution in [0.4, 0.5) is 0 Å². The Morgan fingerprint density at radius 3 is 2.19 bits per heavy atom. The lowest BCUT2D eigenvalue weighted by atomic mass is 9.99. The molecule has 1 amide bonds. The molecule has 26 heavy (non-hydrogen) atoms. The maximum Gasteiger partial charge on any atom is 0.341 e. The number of carboxylic acids is 1. The quantitative estimate of drug-likeness (QED) is 0.789. The molecule has 0 aromatic heterocycles. The van der Waals surface area contributed by atoms with E-state index in [9.17, 15) is 9.59 Å². The van der Waals surface area contributed by atoms with Gasteiger partial charge < -0.3 is 14.7 Å². The molecule has 0 saturated carbocycles. The van der Waals surface area contributed by atoms with Crippen molar-refractivity contribution in [2.24, 2.45) is 5.92 Å². The molecule has 0 radical (unpaired) electrons. The molecular formula is C21H25NO4. The van der Waals surface area contributed by atoms with Crippen molar-refractivity contribution in [1.29, 1.82) is 0 Å². The second-order valence-electron chi connectivity index (χ2n) is 6.61. The zero-order valence-corrected chi connectivity index (χ0v) is 15.4. The number of aliphatic carboxylic acids is 1. The van der Waals surface area contributed by atoms with Crippen molar-refractivity contribution >= 4 is 11.9 Å². The number of benzene rings is 2. The monoisotopic (exact) mass is 355 g/mol. The van der Waals surface area contributed by atoms with Gasteiger partial charge in [-0.05, 0) is 36.6 Å². The van der Waals surface area contributed by atoms with Crippen LogP contribution in [0.3, 0.4) is 0 Å². The summed E-state index contributed by atoms with van der Waals surface area (Å²) in [5, 5.41) is 8.61. The predicted molar refractivity (Wildman–Crippen MR) is 100 cm³/mol. The Morgan fingerprint density at radius 1 is 1.04 bits per heavy atom. The lowest BCUT2D eigenvalue weighted by Crippen LogP contribution is -2.32. The van der Waals surface area contributed by atoms with E-state index >= 15 is 0 Å². The minimum Gasteiger partial charge on any atom is -0.482 e. The molecule has 1 N–H and O–H groups in total. The van der Waals surface area contributed by atoms with Crippen LogP contribution in [-0.4, -0.2) is 35.5 Å². The minimum atomic E-state index is -1.01. The van der Waals surface area contributed by atoms with Gasteiger partial charge in [-0.3, -0.25) is 4.79 Å². The first-order valence-corrected chi connectivity index (χ1v) is 8.59. The summed E-state index contributed by atoms with van der Waals surface area (Å²) in [7, 11) is 1.79. The number of carboxylic acid groups (broad SMARTS) is 1. The first kappa shape index (κ1) is 19.5. The van der Waals surface area contributed by atoms with Gasteiger partial charge in [-0.2, -0.15) is 0 Å². The molecule has 0 fully saturated rings. The number of ether oxygens (including phenoxy) is 1. The van der Waals surface area contributed by atoms with Crippen molar-refractivity contribution in [2.45, 2.75) is 26.8 Å². The molecule has 0 saturated heterocycles. The van der Waals surface area contributed by atoms with Gasteiger partial charge in [0.15, 0.2) is 6.61 Å². The average molecular weight is 355 g/mol. The van der Waals surface area contributed by atoms with Gasteiger partial charge in [0.1, 0.15) is 5.75 Å². The normalized spacial score (nSPS) is 11.7. The molecule has 1 atom stereocenters. The SMILES string of the molecule is Cc1ccc(CC(C)C(=O)N(C)Cc2ccc(OCC(=O)O)cc2)cc1. The summed E-state index contributed by atoms with van der Waals surface area (Å²) in [6, 6.07) is 15.4. The fourth-order valence-corrected chi connectivity index (χ4v) is 2.73. The highest BCUT2D eigenvalue weighted by Crippen LogP contribution is 2.16. The molecule has 5 nitrogen and oxygen atoms in total. The van der Waals surface area contributed by atoms with Gasteiger partial charge in [0.25, 0.3) is 0 Å². The van der Waals surface area contributed by atoms with Crippen LogP contribution in [0.5, 0.6) is 5.75 Å². The van der Waals surface area contributed by atoms with Gasteiger partial charge in [-0.25, -0.2) is 4.79 Å². The van der Waals surface area contributed by atoms with E-state index in [0.717, 1.165) is 11.1 Å². The van der Waals surface area contributed by atoms with Crippen LogP contribution in [0.25, 0.3) is 0 Å². The van der Waals surface area contributed by atoms with E-state index in [-0.39, 0.29) is 18.4 Å². The Kier molecular flexibility index (Phi) is 6.78. The molecule has 138 valence electrons. The number of rotatable bonds is 8. The van der Waals surface area contributed by atoms with Gasteiger partial charge in [-0.1, -0.05) is 48.9 Å². The van der Waals surface area contributed by atoms with Crippen molar-refractivity contribution in [2.75, 3.05) is 13.7 Å². The number of nitrogens with zero attached hydrogens (tertiary/aromatic N) is 1. The van der Waals surface area contributed by atoms with Gasteiger partial charge in [0.2, 0.25) is 5.91 Å². The van der Waals surface area contributed by atoms with E-state index in [1.165, 1.54) is 5.56 Å². The second-order valence-corrected chi connectivity index (χ2v) is 6.61. The number of aryl methyl sites for hydroxylation is 1. The molecule has 1 unspecified atom stereocenters. The van der Waals surface area contributed by atoms with Crippen LogP contribution in [0.15, 0.2) is 48.5 Å². The standard InChI is InChI=1S/C21H25NO4/c1-15-4-6-17(7-5-15)12-16(2)21(25)22(3)13-18-8-10-19(11-9-18)26-14-20(23)24/h4-11,16H,12-14H2,1-3H3,(H,23,24). The topological polar surface area (TPSA) is 66.8 Å². The number of carbonyl (C=O) groups excluding carboxylic acids is 1. The third-order valence-electron chi connectivity index (χ3n) is 4.17. The molecule has 2 aromatic rings. The highest BCUT2D eigenvalue weighted by atomic mass is 16.5. The first-order chi connectivity index (χ1) is 12.3. The summed E-state index contributed by atoms with van der Waals surface area (Å²) in [6.07, 6.45) is 0.714. The van der Waals surface area contributed by atoms with Crippen LogP contribution in [-0.2, 0) is 22.6 Å². The highest BCUT2D eigenvalue weighted by Gasteiger charge is 2.18. The van der Waals surface area contributed by atoms with Gasteiger partial charge in [0, 0.05) is 19.5 Å². The summed E-state index contributed by atoms with van der Waals surface area (Å²) in [5.41, 5.74) is 3.33. The zero-order chi connectivity index (χ0) is 19.1. The van der Waals surface area contributed by atoms with E-state index in [1.807, 2.05) is 26.0 Å². The molecule has 2 rings (SSSR count). The molecule has 5 heteroatoms. The predicted octanol–water partition coefficient (Wildman–Crippen LogP) is 3.30. The molecule has 0 aliphatic rings. The van der Waals surface area contributed by atoms with E-state index in [2.05, 4.69) is 24.3 Å². The van der Waals surface area contributed by atoms with Crippen LogP contribution in [0, 0.1) is 12.8 Å². The smallest absolute Gasteiger partial charge is 0.341 e. The summed E-state index contributed by atoms with van der Waals surface area (Å²) in [5.74, 6) is -0.516. The molecular weight excluding hydrogens is 330 g/mol. The van der Waals surface area contributed by atoms with Crippen LogP contribution >= 0.6 is 0 Å². The zero-order valence-electron chi connectivity index (χ0n) is 15.4. The number of hydrogen-bond donors (Lipinski definition) is 1. The molecule has 0 aliphatic carbocycles. The molecule has 0 heterocycles. The number of amides is 1. The Hall–Kier alpha value is -2.82. The third kappa shape index (κ3) is 5.92. The summed E-state index contributed by atoms with van der Waals surface area (Å²) in [4.78, 5) is 24.8. The summed E-state index contributed by atoms with van der Waals surface area (Å²) < 4.78 is 5.11. The number of hydrogen-bond acceptors (Lipinski definition) is 3. The molecule has 0 spiro atoms.